The summed E-state index contributed by atoms with van der Waals surface area (Å²) in [6.45, 7) is 0. The van der Waals surface area contributed by atoms with Crippen LogP contribution in [-0.4, -0.2) is 16.2 Å². The number of hydrogen-bond acceptors (Lipinski definition) is 5. The monoisotopic (exact) mass is 274 g/mol. The van der Waals surface area contributed by atoms with Gasteiger partial charge in [0.1, 0.15) is 0 Å². The molecule has 0 saturated heterocycles. The zero-order valence-electron chi connectivity index (χ0n) is 10.1. The number of hydrogen-bond donors (Lipinski definition) is 4. The highest BCUT2D eigenvalue weighted by molar-refractivity contribution is 6.22. The highest BCUT2D eigenvalue weighted by Gasteiger charge is 2.31. The summed E-state index contributed by atoms with van der Waals surface area (Å²) < 4.78 is 0. The van der Waals surface area contributed by atoms with E-state index in [-0.39, 0.29) is 22.7 Å². The van der Waals surface area contributed by atoms with Crippen LogP contribution in [0.15, 0.2) is 36.4 Å². The molecule has 0 bridgehead atoms. The van der Waals surface area contributed by atoms with Gasteiger partial charge in [-0.05, 0) is 5.56 Å². The average molecular weight is 274 g/mol. The van der Waals surface area contributed by atoms with Crippen molar-refractivity contribution in [1.82, 2.24) is 0 Å². The van der Waals surface area contributed by atoms with Crippen molar-refractivity contribution in [3.8, 4) is 11.1 Å². The molecule has 102 valence electrons. The van der Waals surface area contributed by atoms with Crippen molar-refractivity contribution in [2.45, 2.75) is 0 Å². The van der Waals surface area contributed by atoms with Crippen LogP contribution in [-0.2, 0) is 0 Å². The number of benzene rings is 2. The van der Waals surface area contributed by atoms with Gasteiger partial charge in [0.15, 0.2) is 5.78 Å². The number of ketones is 1. The molecule has 0 spiro atoms. The molecular weight excluding hydrogens is 264 g/mol. The van der Waals surface area contributed by atoms with Crippen LogP contribution in [0.25, 0.3) is 11.1 Å². The number of rotatable bonds is 2. The van der Waals surface area contributed by atoms with E-state index in [0.717, 1.165) is 6.07 Å². The van der Waals surface area contributed by atoms with E-state index >= 15 is 0 Å². The van der Waals surface area contributed by atoms with Crippen LogP contribution in [0, 0.1) is 10.4 Å². The Hall–Kier alpha value is -2.13. The van der Waals surface area contributed by atoms with E-state index < -0.39 is 10.5 Å². The molecule has 7 heteroatoms. The summed E-state index contributed by atoms with van der Waals surface area (Å²) in [5.41, 5.74) is 1.09. The fourth-order valence-electron chi connectivity index (χ4n) is 2.43. The minimum absolute atomic E-state index is 0.230. The first kappa shape index (κ1) is 12.9. The Labute approximate surface area is 113 Å². The minimum atomic E-state index is -1.37. The molecule has 0 saturated carbocycles. The number of carbonyl (C=O) groups is 1. The Bertz CT molecular complexity index is 712. The lowest BCUT2D eigenvalue weighted by Crippen LogP contribution is -3.04. The van der Waals surface area contributed by atoms with Crippen LogP contribution in [0.4, 0.5) is 11.4 Å². The second-order valence-electron chi connectivity index (χ2n) is 4.43. The summed E-state index contributed by atoms with van der Waals surface area (Å²) in [5, 5.41) is 37.8. The third-order valence-corrected chi connectivity index (χ3v) is 3.32. The third-order valence-electron chi connectivity index (χ3n) is 3.32. The Balaban J connectivity index is 2.30. The molecule has 2 aromatic carbocycles. The fraction of sp³-hybridized carbons (Fsp3) is 0. The first-order chi connectivity index (χ1) is 9.50. The molecule has 1 aliphatic rings. The van der Waals surface area contributed by atoms with Crippen molar-refractivity contribution in [1.29, 1.82) is 0 Å². The van der Waals surface area contributed by atoms with Crippen LogP contribution in [0.3, 0.4) is 0 Å². The van der Waals surface area contributed by atoms with Gasteiger partial charge in [0, 0.05) is 28.8 Å². The first-order valence-corrected chi connectivity index (χ1v) is 5.79. The smallest absolute Gasteiger partial charge is 0.229 e. The topological polar surface area (TPSA) is 113 Å². The number of carbonyl (C=O) groups excluding carboxylic acids is 1. The molecule has 2 aromatic rings. The summed E-state index contributed by atoms with van der Waals surface area (Å²) in [5.74, 6) is -0.282. The lowest BCUT2D eigenvalue weighted by Gasteiger charge is -2.19. The Morgan fingerprint density at radius 1 is 0.800 bits per heavy atom. The Morgan fingerprint density at radius 2 is 1.30 bits per heavy atom. The minimum Gasteiger partial charge on any atom is -0.595 e. The van der Waals surface area contributed by atoms with Gasteiger partial charge in [-0.1, -0.05) is 24.3 Å². The Morgan fingerprint density at radius 3 is 1.85 bits per heavy atom. The first-order valence-electron chi connectivity index (χ1n) is 5.79. The van der Waals surface area contributed by atoms with Gasteiger partial charge in [-0.25, -0.2) is 10.4 Å². The van der Waals surface area contributed by atoms with E-state index in [2.05, 4.69) is 0 Å². The molecule has 7 nitrogen and oxygen atoms in total. The SMILES string of the molecule is O=C1c2ccccc2-c2cc([NH+]([O-])O)c([NH+]([O-])O)cc21. The normalized spacial score (nSPS) is 15.7. The van der Waals surface area contributed by atoms with Gasteiger partial charge in [-0.2, -0.15) is 10.5 Å². The van der Waals surface area contributed by atoms with Gasteiger partial charge in [-0.15, -0.1) is 0 Å². The van der Waals surface area contributed by atoms with Gasteiger partial charge < -0.3 is 10.4 Å². The predicted octanol–water partition coefficient (Wildman–Crippen LogP) is -0.295. The van der Waals surface area contributed by atoms with E-state index in [0.29, 0.717) is 16.7 Å². The fourth-order valence-corrected chi connectivity index (χ4v) is 2.43. The molecule has 0 aromatic heterocycles. The molecule has 0 radical (unpaired) electrons. The molecule has 0 heterocycles. The molecule has 20 heavy (non-hydrogen) atoms. The largest absolute Gasteiger partial charge is 0.595 e. The van der Waals surface area contributed by atoms with Crippen molar-refractivity contribution in [2.75, 3.05) is 0 Å². The summed E-state index contributed by atoms with van der Waals surface area (Å²) in [6.07, 6.45) is 0. The number of quaternary nitrogens is 2. The predicted molar refractivity (Wildman–Crippen MR) is 66.9 cm³/mol. The third kappa shape index (κ3) is 1.74. The molecule has 3 rings (SSSR count). The van der Waals surface area contributed by atoms with Crippen molar-refractivity contribution in [3.63, 3.8) is 0 Å². The number of nitrogens with one attached hydrogen (secondary N) is 2. The maximum absolute atomic E-state index is 12.2. The van der Waals surface area contributed by atoms with Crippen molar-refractivity contribution >= 4 is 17.2 Å². The molecule has 0 aliphatic heterocycles. The molecular formula is C13H10N2O5. The van der Waals surface area contributed by atoms with E-state index in [1.54, 1.807) is 24.3 Å². The quantitative estimate of drug-likeness (QED) is 0.479. The van der Waals surface area contributed by atoms with Gasteiger partial charge >= 0.3 is 0 Å². The van der Waals surface area contributed by atoms with E-state index in [4.69, 9.17) is 10.4 Å². The second kappa shape index (κ2) is 4.46. The van der Waals surface area contributed by atoms with Gasteiger partial charge in [-0.3, -0.25) is 4.79 Å². The summed E-state index contributed by atoms with van der Waals surface area (Å²) in [6, 6.07) is 9.20. The van der Waals surface area contributed by atoms with Crippen molar-refractivity contribution in [2.24, 2.45) is 0 Å². The standard InChI is InChI=1S/C13H10N2O5/c16-13-8-4-2-1-3-7(8)9-5-11(14(17)18)12(15(19)20)6-10(9)13/h1-6,14-15,17,19H. The molecule has 0 fully saturated rings. The van der Waals surface area contributed by atoms with Crippen molar-refractivity contribution in [3.05, 3.63) is 57.9 Å². The van der Waals surface area contributed by atoms with Crippen molar-refractivity contribution < 1.29 is 25.7 Å². The average Bonchev–Trinajstić information content (AvgIpc) is 2.71. The maximum Gasteiger partial charge on any atom is 0.229 e. The lowest BCUT2D eigenvalue weighted by molar-refractivity contribution is -1.01. The van der Waals surface area contributed by atoms with Gasteiger partial charge in [0.25, 0.3) is 0 Å². The lowest BCUT2D eigenvalue weighted by atomic mass is 10.0. The van der Waals surface area contributed by atoms with Gasteiger partial charge in [0.2, 0.25) is 11.4 Å². The molecule has 2 unspecified atom stereocenters. The molecule has 4 N–H and O–H groups in total. The van der Waals surface area contributed by atoms with Crippen LogP contribution in [0.5, 0.6) is 0 Å². The summed E-state index contributed by atoms with van der Waals surface area (Å²) >= 11 is 0. The highest BCUT2D eigenvalue weighted by Crippen LogP contribution is 2.39. The number of fused-ring (bicyclic) bond motifs is 3. The second-order valence-corrected chi connectivity index (χ2v) is 4.43. The zero-order chi connectivity index (χ0) is 14.4. The molecule has 0 amide bonds. The zero-order valence-corrected chi connectivity index (χ0v) is 10.1. The van der Waals surface area contributed by atoms with Crippen LogP contribution in [0.1, 0.15) is 15.9 Å². The van der Waals surface area contributed by atoms with Gasteiger partial charge in [0.05, 0.1) is 0 Å². The molecule has 1 aliphatic carbocycles. The van der Waals surface area contributed by atoms with Crippen LogP contribution >= 0.6 is 0 Å². The van der Waals surface area contributed by atoms with E-state index in [9.17, 15) is 15.2 Å². The van der Waals surface area contributed by atoms with Crippen LogP contribution in [0.2, 0.25) is 0 Å². The molecule has 2 atom stereocenters. The maximum atomic E-state index is 12.2. The highest BCUT2D eigenvalue weighted by atomic mass is 16.8. The summed E-state index contributed by atoms with van der Waals surface area (Å²) in [4.78, 5) is 12.2. The van der Waals surface area contributed by atoms with E-state index in [1.165, 1.54) is 6.07 Å². The van der Waals surface area contributed by atoms with E-state index in [1.807, 2.05) is 0 Å². The van der Waals surface area contributed by atoms with Crippen LogP contribution < -0.4 is 10.5 Å². The Kier molecular flexibility index (Phi) is 2.87. The summed E-state index contributed by atoms with van der Waals surface area (Å²) in [7, 11) is 0.